The Morgan fingerprint density at radius 2 is 0.961 bits per heavy atom. The third-order valence-electron chi connectivity index (χ3n) is 17.0. The van der Waals surface area contributed by atoms with Gasteiger partial charge in [0.25, 0.3) is 5.91 Å². The molecule has 21 nitrogen and oxygen atoms in total. The van der Waals surface area contributed by atoms with E-state index in [2.05, 4.69) is 10.1 Å². The molecule has 0 bridgehead atoms. The maximum absolute atomic E-state index is 13.4. The third kappa shape index (κ3) is 9.73. The summed E-state index contributed by atoms with van der Waals surface area (Å²) in [5.74, 6) is -1.94. The Bertz CT molecular complexity index is 3080. The van der Waals surface area contributed by atoms with Gasteiger partial charge < -0.3 is 34.1 Å². The van der Waals surface area contributed by atoms with Gasteiger partial charge in [0, 0.05) is 64.7 Å². The summed E-state index contributed by atoms with van der Waals surface area (Å²) in [6, 6.07) is 13.1. The summed E-state index contributed by atoms with van der Waals surface area (Å²) < 4.78 is 95.3. The summed E-state index contributed by atoms with van der Waals surface area (Å²) in [5, 5.41) is 11.4. The molecule has 3 aromatic rings. The average Bonchev–Trinajstić information content (AvgIpc) is 4.26. The van der Waals surface area contributed by atoms with Gasteiger partial charge >= 0.3 is 11.9 Å². The molecule has 0 aliphatic carbocycles. The van der Waals surface area contributed by atoms with Crippen LogP contribution in [0.15, 0.2) is 69.3 Å². The van der Waals surface area contributed by atoms with E-state index in [1.54, 1.807) is 27.4 Å². The molecule has 416 valence electrons. The molecule has 8 aliphatic rings. The number of amides is 4. The first-order valence-corrected chi connectivity index (χ1v) is 30.4. The van der Waals surface area contributed by atoms with E-state index in [-0.39, 0.29) is 51.3 Å². The molecule has 3 unspecified atom stereocenters. The summed E-state index contributed by atoms with van der Waals surface area (Å²) in [6.07, 6.45) is 6.55. The molecule has 8 aliphatic heterocycles. The number of hydrogen-bond acceptors (Lipinski definition) is 17. The van der Waals surface area contributed by atoms with Gasteiger partial charge in [-0.25, -0.2) is 40.3 Å². The van der Waals surface area contributed by atoms with E-state index in [0.717, 1.165) is 25.7 Å². The normalized spacial score (nSPS) is 26.8. The van der Waals surface area contributed by atoms with Crippen molar-refractivity contribution in [1.29, 1.82) is 0 Å². The fourth-order valence-electron chi connectivity index (χ4n) is 12.4. The van der Waals surface area contributed by atoms with Crippen LogP contribution in [0.25, 0.3) is 0 Å². The molecule has 24 heteroatoms. The second-order valence-corrected chi connectivity index (χ2v) is 27.7. The van der Waals surface area contributed by atoms with Crippen molar-refractivity contribution < 1.29 is 78.2 Å². The number of ether oxygens (including phenoxy) is 4. The molecule has 5 fully saturated rings. The van der Waals surface area contributed by atoms with Crippen molar-refractivity contribution in [3.05, 3.63) is 88.0 Å². The van der Waals surface area contributed by atoms with Crippen LogP contribution in [0.1, 0.15) is 112 Å². The Hall–Kier alpha value is -5.79. The van der Waals surface area contributed by atoms with E-state index in [0.29, 0.717) is 137 Å². The minimum atomic E-state index is -3.86. The Balaban J connectivity index is 0.000000142. The molecule has 8 heterocycles. The van der Waals surface area contributed by atoms with Crippen LogP contribution in [0.3, 0.4) is 0 Å². The number of nitrogens with zero attached hydrogens (tertiary/aromatic N) is 2. The number of aryl methyl sites for hydroxylation is 3. The quantitative estimate of drug-likeness (QED) is 0.174. The molecule has 11 rings (SSSR count). The van der Waals surface area contributed by atoms with Crippen LogP contribution in [0.4, 0.5) is 0 Å². The number of methoxy groups -OCH3 is 2. The highest BCUT2D eigenvalue weighted by Gasteiger charge is 2.60. The lowest BCUT2D eigenvalue weighted by Gasteiger charge is -2.34. The van der Waals surface area contributed by atoms with Gasteiger partial charge in [0.15, 0.2) is 43.8 Å². The van der Waals surface area contributed by atoms with Crippen molar-refractivity contribution in [2.75, 3.05) is 73.4 Å². The Morgan fingerprint density at radius 3 is 1.34 bits per heavy atom. The number of benzene rings is 3. The molecule has 3 atom stereocenters. The van der Waals surface area contributed by atoms with Gasteiger partial charge in [-0.15, -0.1) is 0 Å². The number of hydrogen-bond donors (Lipinski definition) is 3. The summed E-state index contributed by atoms with van der Waals surface area (Å²) in [4.78, 5) is 77.3. The molecule has 0 saturated carbocycles. The number of sulfone groups is 3. The number of nitrogens with one attached hydrogen (secondary N) is 2. The topological polar surface area (TPSA) is 293 Å². The van der Waals surface area contributed by atoms with Crippen molar-refractivity contribution >= 4 is 65.1 Å². The van der Waals surface area contributed by atoms with Gasteiger partial charge in [-0.3, -0.25) is 24.4 Å². The first-order chi connectivity index (χ1) is 36.7. The lowest BCUT2D eigenvalue weighted by molar-refractivity contribution is -0.131. The second-order valence-electron chi connectivity index (χ2n) is 21.0. The zero-order valence-electron chi connectivity index (χ0n) is 43.0. The first kappa shape index (κ1) is 55.9. The van der Waals surface area contributed by atoms with Gasteiger partial charge in [0.05, 0.1) is 40.0 Å². The molecule has 0 aromatic heterocycles. The molecular formula is C53H64N4O17S3. The van der Waals surface area contributed by atoms with Crippen molar-refractivity contribution in [2.45, 2.75) is 112 Å². The largest absolute Gasteiger partial charge is 0.465 e. The highest BCUT2D eigenvalue weighted by molar-refractivity contribution is 7.94. The zero-order chi connectivity index (χ0) is 55.1. The molecule has 3 spiro atoms. The standard InChI is InChI=1S/C20H25NO6S.C19H24N2O6S.C14H15NO5S/c1-26-18(22)16-2-3-17-15(12-16)4-7-20(28(17,24)25)8-9-21(19(20)23)13-14-5-10-27-11-6-14;22-17(20-24)15-1-2-16-14(11-15)3-6-19(28(16,25)26)7-8-21(18(19)23)12-13-4-9-27-10-5-13;1-20-12(16)10-2-3-11-9(8-10)4-5-14(21(11,18)19)6-7-15-13(14)17/h2-3,12,14H,4-11,13H2,1H3;1-2,11,13,24H,3-10,12H2,(H,20,22);2-3,8H,4-7H2,1H3,(H,15,17). The van der Waals surface area contributed by atoms with Crippen LogP contribution in [-0.4, -0.2) is 163 Å². The van der Waals surface area contributed by atoms with Crippen LogP contribution < -0.4 is 10.8 Å². The van der Waals surface area contributed by atoms with Crippen molar-refractivity contribution in [1.82, 2.24) is 20.6 Å². The molecule has 0 radical (unpaired) electrons. The smallest absolute Gasteiger partial charge is 0.337 e. The zero-order valence-corrected chi connectivity index (χ0v) is 45.5. The van der Waals surface area contributed by atoms with E-state index in [4.69, 9.17) is 19.4 Å². The number of fused-ring (bicyclic) bond motifs is 3. The first-order valence-electron chi connectivity index (χ1n) is 26.0. The minimum absolute atomic E-state index is 0.120. The summed E-state index contributed by atoms with van der Waals surface area (Å²) in [5.41, 5.74) is 4.06. The predicted octanol–water partition coefficient (Wildman–Crippen LogP) is 2.97. The van der Waals surface area contributed by atoms with Crippen LogP contribution in [-0.2, 0) is 82.1 Å². The highest BCUT2D eigenvalue weighted by atomic mass is 32.2. The molecule has 77 heavy (non-hydrogen) atoms. The van der Waals surface area contributed by atoms with Gasteiger partial charge in [-0.05, 0) is 167 Å². The fourth-order valence-corrected chi connectivity index (χ4v) is 19.2. The van der Waals surface area contributed by atoms with Gasteiger partial charge in [0.1, 0.15) is 0 Å². The molecule has 3 aromatic carbocycles. The van der Waals surface area contributed by atoms with E-state index >= 15 is 0 Å². The van der Waals surface area contributed by atoms with E-state index in [9.17, 15) is 54.0 Å². The number of esters is 2. The number of carbonyl (C=O) groups excluding carboxylic acids is 6. The second kappa shape index (κ2) is 21.8. The van der Waals surface area contributed by atoms with E-state index in [1.165, 1.54) is 56.7 Å². The van der Waals surface area contributed by atoms with Crippen molar-refractivity contribution in [3.63, 3.8) is 0 Å². The lowest BCUT2D eigenvalue weighted by atomic mass is 9.95. The number of hydroxylamine groups is 1. The SMILES string of the molecule is COC(=O)c1ccc2c(c1)CCC1(CCN(CC3CCOCC3)C1=O)S2(=O)=O.COC(=O)c1ccc2c(c1)CCC1(CCNC1=O)S2(=O)=O.O=C(NO)c1ccc2c(c1)CCC1(CCN(CC3CCOCC3)C1=O)S2(=O)=O. The number of carbonyl (C=O) groups is 6. The monoisotopic (exact) mass is 1120 g/mol. The van der Waals surface area contributed by atoms with Gasteiger partial charge in [0.2, 0.25) is 17.7 Å². The van der Waals surface area contributed by atoms with Crippen molar-refractivity contribution in [3.8, 4) is 0 Å². The summed E-state index contributed by atoms with van der Waals surface area (Å²) >= 11 is 0. The Morgan fingerprint density at radius 1 is 0.584 bits per heavy atom. The van der Waals surface area contributed by atoms with Gasteiger partial charge in [-0.2, -0.15) is 0 Å². The predicted molar refractivity (Wildman–Crippen MR) is 273 cm³/mol. The van der Waals surface area contributed by atoms with Crippen LogP contribution in [0, 0.1) is 11.8 Å². The average molecular weight is 1130 g/mol. The molecule has 4 amide bonds. The van der Waals surface area contributed by atoms with E-state index < -0.39 is 67.5 Å². The van der Waals surface area contributed by atoms with E-state index in [1.807, 2.05) is 0 Å². The molecule has 5 saturated heterocycles. The van der Waals surface area contributed by atoms with Crippen LogP contribution in [0.5, 0.6) is 0 Å². The maximum atomic E-state index is 13.4. The maximum Gasteiger partial charge on any atom is 0.337 e. The fraction of sp³-hybridized carbons (Fsp3) is 0.547. The summed E-state index contributed by atoms with van der Waals surface area (Å²) in [7, 11) is -8.87. The molecule has 3 N–H and O–H groups in total. The van der Waals surface area contributed by atoms with Crippen molar-refractivity contribution in [2.24, 2.45) is 11.8 Å². The number of rotatable bonds is 7. The minimum Gasteiger partial charge on any atom is -0.465 e. The molecular weight excluding hydrogens is 1060 g/mol. The number of likely N-dealkylation sites (tertiary alicyclic amines) is 2. The highest BCUT2D eigenvalue weighted by Crippen LogP contribution is 2.47. The third-order valence-corrected chi connectivity index (χ3v) is 24.8. The Kier molecular flexibility index (Phi) is 15.8. The Labute approximate surface area is 447 Å². The van der Waals surface area contributed by atoms with Gasteiger partial charge in [-0.1, -0.05) is 0 Å². The van der Waals surface area contributed by atoms with Crippen LogP contribution >= 0.6 is 0 Å². The van der Waals surface area contributed by atoms with Crippen LogP contribution in [0.2, 0.25) is 0 Å². The lowest BCUT2D eigenvalue weighted by Crippen LogP contribution is -2.50. The summed E-state index contributed by atoms with van der Waals surface area (Å²) in [6.45, 7) is 5.28.